The van der Waals surface area contributed by atoms with Gasteiger partial charge in [0, 0.05) is 17.8 Å². The molecule has 0 aromatic heterocycles. The summed E-state index contributed by atoms with van der Waals surface area (Å²) in [5.74, 6) is -21.7. The van der Waals surface area contributed by atoms with Gasteiger partial charge in [-0.3, -0.25) is 0 Å². The van der Waals surface area contributed by atoms with Crippen molar-refractivity contribution in [2.24, 2.45) is 23.7 Å². The molecule has 0 aliphatic heterocycles. The Morgan fingerprint density at radius 1 is 0.581 bits per heavy atom. The SMILES string of the molecule is O=C(OCC(COC(=O)C(F)(F)C1CC1)COC(=O)C(F)(F)C1CC1)C(F)(F)C1CC1. The Labute approximate surface area is 173 Å². The van der Waals surface area contributed by atoms with E-state index < -0.39 is 79.2 Å². The predicted molar refractivity (Wildman–Crippen MR) is 89.4 cm³/mol. The lowest BCUT2D eigenvalue weighted by Crippen LogP contribution is -2.39. The van der Waals surface area contributed by atoms with E-state index in [9.17, 15) is 40.7 Å². The molecule has 0 amide bonds. The fourth-order valence-corrected chi connectivity index (χ4v) is 2.85. The smallest absolute Gasteiger partial charge is 0.377 e. The van der Waals surface area contributed by atoms with E-state index in [1.807, 2.05) is 0 Å². The summed E-state index contributed by atoms with van der Waals surface area (Å²) in [4.78, 5) is 34.8. The second kappa shape index (κ2) is 8.50. The number of halogens is 6. The highest BCUT2D eigenvalue weighted by atomic mass is 19.3. The number of rotatable bonds is 12. The van der Waals surface area contributed by atoms with Crippen molar-refractivity contribution >= 4 is 17.9 Å². The molecule has 0 aromatic rings. The van der Waals surface area contributed by atoms with Crippen molar-refractivity contribution in [3.05, 3.63) is 0 Å². The molecule has 6 nitrogen and oxygen atoms in total. The zero-order chi connectivity index (χ0) is 23.0. The maximum atomic E-state index is 13.7. The monoisotopic (exact) mass is 460 g/mol. The van der Waals surface area contributed by atoms with Crippen molar-refractivity contribution in [3.63, 3.8) is 0 Å². The summed E-state index contributed by atoms with van der Waals surface area (Å²) in [5, 5.41) is 0. The number of ether oxygens (including phenoxy) is 3. The first-order valence-corrected chi connectivity index (χ1v) is 10.0. The van der Waals surface area contributed by atoms with Crippen LogP contribution in [-0.4, -0.2) is 55.5 Å². The van der Waals surface area contributed by atoms with Gasteiger partial charge >= 0.3 is 35.7 Å². The van der Waals surface area contributed by atoms with Crippen LogP contribution in [0.1, 0.15) is 38.5 Å². The Morgan fingerprint density at radius 2 is 0.806 bits per heavy atom. The second-order valence-corrected chi connectivity index (χ2v) is 8.35. The third-order valence-corrected chi connectivity index (χ3v) is 5.44. The van der Waals surface area contributed by atoms with Crippen molar-refractivity contribution in [1.29, 1.82) is 0 Å². The summed E-state index contributed by atoms with van der Waals surface area (Å²) in [5.41, 5.74) is 0. The summed E-state index contributed by atoms with van der Waals surface area (Å²) in [7, 11) is 0. The minimum atomic E-state index is -3.75. The van der Waals surface area contributed by atoms with Gasteiger partial charge in [-0.2, -0.15) is 26.3 Å². The van der Waals surface area contributed by atoms with E-state index in [4.69, 9.17) is 0 Å². The van der Waals surface area contributed by atoms with Gasteiger partial charge in [-0.1, -0.05) is 0 Å². The van der Waals surface area contributed by atoms with E-state index in [-0.39, 0.29) is 38.5 Å². The number of hydrogen-bond donors (Lipinski definition) is 0. The molecule has 3 aliphatic rings. The Balaban J connectivity index is 1.55. The van der Waals surface area contributed by atoms with Crippen LogP contribution in [0.25, 0.3) is 0 Å². The van der Waals surface area contributed by atoms with Crippen LogP contribution in [-0.2, 0) is 28.6 Å². The largest absolute Gasteiger partial charge is 0.461 e. The molecule has 0 atom stereocenters. The van der Waals surface area contributed by atoms with Gasteiger partial charge in [0.05, 0.1) is 5.92 Å². The van der Waals surface area contributed by atoms with Crippen LogP contribution in [0.15, 0.2) is 0 Å². The molecule has 3 fully saturated rings. The van der Waals surface area contributed by atoms with Crippen LogP contribution in [0, 0.1) is 23.7 Å². The molecule has 3 aliphatic carbocycles. The summed E-state index contributed by atoms with van der Waals surface area (Å²) in [6.45, 7) is -2.69. The van der Waals surface area contributed by atoms with Crippen LogP contribution < -0.4 is 0 Å². The lowest BCUT2D eigenvalue weighted by atomic mass is 10.1. The molecule has 176 valence electrons. The predicted octanol–water partition coefficient (Wildman–Crippen LogP) is 3.37. The Bertz CT molecular complexity index is 620. The summed E-state index contributed by atoms with van der Waals surface area (Å²) in [6, 6.07) is 0. The Hall–Kier alpha value is -2.01. The van der Waals surface area contributed by atoms with Crippen LogP contribution in [0.4, 0.5) is 26.3 Å². The molecular weight excluding hydrogens is 438 g/mol. The highest BCUT2D eigenvalue weighted by Gasteiger charge is 2.56. The molecule has 0 aromatic carbocycles. The molecule has 3 rings (SSSR count). The van der Waals surface area contributed by atoms with E-state index in [2.05, 4.69) is 14.2 Å². The molecule has 31 heavy (non-hydrogen) atoms. The lowest BCUT2D eigenvalue weighted by molar-refractivity contribution is -0.186. The van der Waals surface area contributed by atoms with Gasteiger partial charge < -0.3 is 14.2 Å². The second-order valence-electron chi connectivity index (χ2n) is 8.35. The lowest BCUT2D eigenvalue weighted by Gasteiger charge is -2.22. The van der Waals surface area contributed by atoms with E-state index >= 15 is 0 Å². The summed E-state index contributed by atoms with van der Waals surface area (Å²) >= 11 is 0. The number of hydrogen-bond acceptors (Lipinski definition) is 6. The van der Waals surface area contributed by atoms with Gasteiger partial charge in [-0.05, 0) is 38.5 Å². The molecular formula is C19H22F6O6. The molecule has 0 bridgehead atoms. The van der Waals surface area contributed by atoms with E-state index in [1.54, 1.807) is 0 Å². The summed E-state index contributed by atoms with van der Waals surface area (Å²) in [6.07, 6.45) is 0.793. The quantitative estimate of drug-likeness (QED) is 0.253. The number of esters is 3. The van der Waals surface area contributed by atoms with Crippen molar-refractivity contribution in [2.75, 3.05) is 19.8 Å². The van der Waals surface area contributed by atoms with Crippen molar-refractivity contribution in [2.45, 2.75) is 56.3 Å². The molecule has 0 unspecified atom stereocenters. The highest BCUT2D eigenvalue weighted by Crippen LogP contribution is 2.45. The maximum absolute atomic E-state index is 13.7. The molecule has 0 spiro atoms. The van der Waals surface area contributed by atoms with E-state index in [0.29, 0.717) is 0 Å². The van der Waals surface area contributed by atoms with Crippen molar-refractivity contribution in [1.82, 2.24) is 0 Å². The third kappa shape index (κ3) is 5.62. The van der Waals surface area contributed by atoms with Gasteiger partial charge in [-0.25, -0.2) is 14.4 Å². The fraction of sp³-hybridized carbons (Fsp3) is 0.842. The fourth-order valence-electron chi connectivity index (χ4n) is 2.85. The van der Waals surface area contributed by atoms with Gasteiger partial charge in [-0.15, -0.1) is 0 Å². The highest BCUT2D eigenvalue weighted by molar-refractivity contribution is 5.79. The molecule has 12 heteroatoms. The molecule has 3 saturated carbocycles. The normalized spacial score (nSPS) is 19.8. The first kappa shape index (κ1) is 23.6. The molecule has 0 radical (unpaired) electrons. The van der Waals surface area contributed by atoms with Crippen LogP contribution in [0.2, 0.25) is 0 Å². The minimum absolute atomic E-state index is 0.132. The van der Waals surface area contributed by atoms with Gasteiger partial charge in [0.25, 0.3) is 0 Å². The molecule has 0 saturated heterocycles. The number of carbonyl (C=O) groups excluding carboxylic acids is 3. The van der Waals surface area contributed by atoms with Gasteiger partial charge in [0.2, 0.25) is 0 Å². The van der Waals surface area contributed by atoms with Crippen molar-refractivity contribution in [3.8, 4) is 0 Å². The Kier molecular flexibility index (Phi) is 6.48. The third-order valence-electron chi connectivity index (χ3n) is 5.44. The van der Waals surface area contributed by atoms with Crippen molar-refractivity contribution < 1.29 is 54.9 Å². The van der Waals surface area contributed by atoms with E-state index in [0.717, 1.165) is 0 Å². The first-order chi connectivity index (χ1) is 14.4. The standard InChI is InChI=1S/C19H22F6O6/c20-17(21,11-1-2-11)14(26)29-7-10(8-30-15(27)18(22,23)12-3-4-12)9-31-16(28)19(24,25)13-5-6-13/h10-13H,1-9H2. The first-order valence-electron chi connectivity index (χ1n) is 10.0. The van der Waals surface area contributed by atoms with Crippen LogP contribution >= 0.6 is 0 Å². The molecule has 0 heterocycles. The average molecular weight is 460 g/mol. The minimum Gasteiger partial charge on any atom is -0.461 e. The maximum Gasteiger partial charge on any atom is 0.377 e. The zero-order valence-corrected chi connectivity index (χ0v) is 16.4. The van der Waals surface area contributed by atoms with Gasteiger partial charge in [0.15, 0.2) is 0 Å². The number of alkyl halides is 6. The van der Waals surface area contributed by atoms with Crippen LogP contribution in [0.3, 0.4) is 0 Å². The topological polar surface area (TPSA) is 78.9 Å². The average Bonchev–Trinajstić information content (AvgIpc) is 3.57. The molecule has 0 N–H and O–H groups in total. The number of carbonyl (C=O) groups is 3. The van der Waals surface area contributed by atoms with Gasteiger partial charge in [0.1, 0.15) is 19.8 Å². The summed E-state index contributed by atoms with van der Waals surface area (Å²) < 4.78 is 95.9. The van der Waals surface area contributed by atoms with E-state index in [1.165, 1.54) is 0 Å². The zero-order valence-electron chi connectivity index (χ0n) is 16.4. The Morgan fingerprint density at radius 3 is 1.00 bits per heavy atom. The van der Waals surface area contributed by atoms with Crippen LogP contribution in [0.5, 0.6) is 0 Å².